The first kappa shape index (κ1) is 13.6. The van der Waals surface area contributed by atoms with Gasteiger partial charge in [0, 0.05) is 17.9 Å². The van der Waals surface area contributed by atoms with Gasteiger partial charge < -0.3 is 9.31 Å². The van der Waals surface area contributed by atoms with Crippen LogP contribution >= 0.6 is 0 Å². The van der Waals surface area contributed by atoms with E-state index < -0.39 is 0 Å². The first-order valence-electron chi connectivity index (χ1n) is 6.44. The van der Waals surface area contributed by atoms with E-state index >= 15 is 0 Å². The van der Waals surface area contributed by atoms with E-state index in [0.717, 1.165) is 5.46 Å². The van der Waals surface area contributed by atoms with Crippen LogP contribution in [-0.2, 0) is 14.8 Å². The molecule has 0 N–H and O–H groups in total. The van der Waals surface area contributed by atoms with Gasteiger partial charge in [-0.3, -0.25) is 4.68 Å². The van der Waals surface area contributed by atoms with Crippen LogP contribution in [0.4, 0.5) is 0 Å². The monoisotopic (exact) mass is 250 g/mol. The molecule has 0 atom stereocenters. The van der Waals surface area contributed by atoms with Crippen molar-refractivity contribution in [2.45, 2.75) is 65.2 Å². The number of hydrogen-bond acceptors (Lipinski definition) is 3. The normalized spacial score (nSPS) is 22.5. The van der Waals surface area contributed by atoms with Gasteiger partial charge in [-0.15, -0.1) is 0 Å². The molecule has 18 heavy (non-hydrogen) atoms. The molecule has 100 valence electrons. The zero-order valence-electron chi connectivity index (χ0n) is 12.4. The third kappa shape index (κ3) is 2.21. The Labute approximate surface area is 110 Å². The molecule has 0 unspecified atom stereocenters. The second-order valence-corrected chi connectivity index (χ2v) is 6.98. The Morgan fingerprint density at radius 3 is 2.00 bits per heavy atom. The highest BCUT2D eigenvalue weighted by atomic mass is 16.7. The maximum atomic E-state index is 6.00. The largest absolute Gasteiger partial charge is 0.498 e. The van der Waals surface area contributed by atoms with Crippen molar-refractivity contribution in [3.63, 3.8) is 0 Å². The topological polar surface area (TPSA) is 36.3 Å². The van der Waals surface area contributed by atoms with Gasteiger partial charge in [0.1, 0.15) is 0 Å². The summed E-state index contributed by atoms with van der Waals surface area (Å²) in [5.74, 6) is 0. The summed E-state index contributed by atoms with van der Waals surface area (Å²) in [5, 5.41) is 4.38. The van der Waals surface area contributed by atoms with Crippen molar-refractivity contribution in [3.05, 3.63) is 12.4 Å². The van der Waals surface area contributed by atoms with Crippen LogP contribution in [0.2, 0.25) is 0 Å². The molecule has 0 radical (unpaired) electrons. The van der Waals surface area contributed by atoms with Crippen LogP contribution in [0.25, 0.3) is 0 Å². The molecule has 1 aromatic heterocycles. The minimum atomic E-state index is -0.328. The second-order valence-electron chi connectivity index (χ2n) is 6.98. The predicted molar refractivity (Wildman–Crippen MR) is 72.9 cm³/mol. The first-order valence-corrected chi connectivity index (χ1v) is 6.44. The van der Waals surface area contributed by atoms with Gasteiger partial charge in [-0.2, -0.15) is 5.10 Å². The molecule has 1 aliphatic rings. The summed E-state index contributed by atoms with van der Waals surface area (Å²) in [4.78, 5) is 0. The molecule has 0 spiro atoms. The van der Waals surface area contributed by atoms with Gasteiger partial charge in [0.2, 0.25) is 0 Å². The van der Waals surface area contributed by atoms with E-state index in [-0.39, 0.29) is 23.9 Å². The summed E-state index contributed by atoms with van der Waals surface area (Å²) >= 11 is 0. The fourth-order valence-corrected chi connectivity index (χ4v) is 1.80. The van der Waals surface area contributed by atoms with E-state index in [2.05, 4.69) is 53.6 Å². The van der Waals surface area contributed by atoms with Crippen LogP contribution in [-0.4, -0.2) is 28.1 Å². The summed E-state index contributed by atoms with van der Waals surface area (Å²) in [6.07, 6.45) is 3.83. The fraction of sp³-hybridized carbons (Fsp3) is 0.769. The van der Waals surface area contributed by atoms with Crippen molar-refractivity contribution in [2.24, 2.45) is 0 Å². The summed E-state index contributed by atoms with van der Waals surface area (Å²) in [7, 11) is -0.328. The molecule has 1 aromatic rings. The standard InChI is InChI=1S/C13H23BN2O2/c1-11(2,3)16-9-10(8-15-16)14-17-12(4,5)13(6,7)18-14/h8-9H,1-7H3. The second kappa shape index (κ2) is 3.84. The highest BCUT2D eigenvalue weighted by Crippen LogP contribution is 2.36. The van der Waals surface area contributed by atoms with Gasteiger partial charge in [-0.1, -0.05) is 0 Å². The number of nitrogens with zero attached hydrogens (tertiary/aromatic N) is 2. The molecule has 0 amide bonds. The van der Waals surface area contributed by atoms with Crippen molar-refractivity contribution < 1.29 is 9.31 Å². The Bertz CT molecular complexity index is 430. The average Bonchev–Trinajstić information content (AvgIpc) is 2.69. The van der Waals surface area contributed by atoms with E-state index in [0.29, 0.717) is 0 Å². The fourth-order valence-electron chi connectivity index (χ4n) is 1.80. The molecule has 0 bridgehead atoms. The Hall–Kier alpha value is -0.805. The lowest BCUT2D eigenvalue weighted by atomic mass is 9.82. The molecule has 2 rings (SSSR count). The lowest BCUT2D eigenvalue weighted by Gasteiger charge is -2.32. The Morgan fingerprint density at radius 1 is 1.11 bits per heavy atom. The molecule has 4 nitrogen and oxygen atoms in total. The Morgan fingerprint density at radius 2 is 1.61 bits per heavy atom. The third-order valence-corrected chi connectivity index (χ3v) is 3.82. The van der Waals surface area contributed by atoms with Gasteiger partial charge in [0.05, 0.1) is 16.7 Å². The van der Waals surface area contributed by atoms with Crippen LogP contribution in [0.5, 0.6) is 0 Å². The van der Waals surface area contributed by atoms with E-state index in [9.17, 15) is 0 Å². The molecule has 1 saturated heterocycles. The smallest absolute Gasteiger partial charge is 0.399 e. The van der Waals surface area contributed by atoms with E-state index in [1.807, 2.05) is 17.1 Å². The van der Waals surface area contributed by atoms with Gasteiger partial charge in [-0.25, -0.2) is 0 Å². The van der Waals surface area contributed by atoms with Crippen molar-refractivity contribution in [1.29, 1.82) is 0 Å². The molecule has 2 heterocycles. The SMILES string of the molecule is CC(C)(C)n1cc(B2OC(C)(C)C(C)(C)O2)cn1. The zero-order valence-corrected chi connectivity index (χ0v) is 12.4. The summed E-state index contributed by atoms with van der Waals surface area (Å²) in [6.45, 7) is 14.6. The van der Waals surface area contributed by atoms with Gasteiger partial charge in [0.15, 0.2) is 0 Å². The summed E-state index contributed by atoms with van der Waals surface area (Å²) in [5.41, 5.74) is 0.341. The molecule has 0 saturated carbocycles. The summed E-state index contributed by atoms with van der Waals surface area (Å²) in [6, 6.07) is 0. The minimum absolute atomic E-state index is 0.0259. The highest BCUT2D eigenvalue weighted by molar-refractivity contribution is 6.62. The quantitative estimate of drug-likeness (QED) is 0.714. The van der Waals surface area contributed by atoms with Crippen LogP contribution in [0.15, 0.2) is 12.4 Å². The Balaban J connectivity index is 2.23. The molecule has 5 heteroatoms. The lowest BCUT2D eigenvalue weighted by Crippen LogP contribution is -2.41. The van der Waals surface area contributed by atoms with E-state index in [4.69, 9.17) is 9.31 Å². The molecular weight excluding hydrogens is 227 g/mol. The third-order valence-electron chi connectivity index (χ3n) is 3.82. The Kier molecular flexibility index (Phi) is 2.91. The minimum Gasteiger partial charge on any atom is -0.399 e. The van der Waals surface area contributed by atoms with Gasteiger partial charge in [-0.05, 0) is 48.5 Å². The maximum Gasteiger partial charge on any atom is 0.498 e. The van der Waals surface area contributed by atoms with Crippen molar-refractivity contribution >= 4 is 12.6 Å². The molecule has 0 aromatic carbocycles. The van der Waals surface area contributed by atoms with E-state index in [1.54, 1.807) is 0 Å². The summed E-state index contributed by atoms with van der Waals surface area (Å²) < 4.78 is 13.9. The van der Waals surface area contributed by atoms with E-state index in [1.165, 1.54) is 0 Å². The van der Waals surface area contributed by atoms with Crippen LogP contribution in [0, 0.1) is 0 Å². The molecular formula is C13H23BN2O2. The van der Waals surface area contributed by atoms with Crippen LogP contribution in [0.3, 0.4) is 0 Å². The predicted octanol–water partition coefficient (Wildman–Crippen LogP) is 1.94. The maximum absolute atomic E-state index is 6.00. The van der Waals surface area contributed by atoms with Crippen LogP contribution < -0.4 is 5.46 Å². The van der Waals surface area contributed by atoms with Crippen molar-refractivity contribution in [1.82, 2.24) is 9.78 Å². The number of rotatable bonds is 1. The van der Waals surface area contributed by atoms with Crippen molar-refractivity contribution in [3.8, 4) is 0 Å². The molecule has 1 fully saturated rings. The van der Waals surface area contributed by atoms with Gasteiger partial charge in [0.25, 0.3) is 0 Å². The van der Waals surface area contributed by atoms with Gasteiger partial charge >= 0.3 is 7.12 Å². The molecule has 0 aliphatic carbocycles. The first-order chi connectivity index (χ1) is 8.03. The number of hydrogen-bond donors (Lipinski definition) is 0. The number of aromatic nitrogens is 2. The average molecular weight is 250 g/mol. The zero-order chi connectivity index (χ0) is 13.8. The highest BCUT2D eigenvalue weighted by Gasteiger charge is 2.52. The molecule has 1 aliphatic heterocycles. The van der Waals surface area contributed by atoms with Crippen LogP contribution in [0.1, 0.15) is 48.5 Å². The lowest BCUT2D eigenvalue weighted by molar-refractivity contribution is 0.00578. The van der Waals surface area contributed by atoms with Crippen molar-refractivity contribution in [2.75, 3.05) is 0 Å².